The number of nitrogens with one attached hydrogen (secondary N) is 1. The van der Waals surface area contributed by atoms with Crippen molar-refractivity contribution in [2.24, 2.45) is 0 Å². The van der Waals surface area contributed by atoms with Gasteiger partial charge in [-0.05, 0) is 26.0 Å². The van der Waals surface area contributed by atoms with Crippen LogP contribution in [0.1, 0.15) is 19.5 Å². The summed E-state index contributed by atoms with van der Waals surface area (Å²) in [6.07, 6.45) is 3.87. The van der Waals surface area contributed by atoms with Crippen molar-refractivity contribution in [3.63, 3.8) is 0 Å². The molecule has 2 aromatic rings. The molecule has 1 aromatic carbocycles. The summed E-state index contributed by atoms with van der Waals surface area (Å²) in [5, 5.41) is 3.89. The van der Waals surface area contributed by atoms with Crippen LogP contribution < -0.4 is 5.32 Å². The summed E-state index contributed by atoms with van der Waals surface area (Å²) in [5.41, 5.74) is 4.83. The highest BCUT2D eigenvalue weighted by Crippen LogP contribution is 2.29. The molecule has 0 bridgehead atoms. The average Bonchev–Trinajstić information content (AvgIpc) is 2.55. The van der Waals surface area contributed by atoms with Crippen LogP contribution in [0.3, 0.4) is 0 Å². The van der Waals surface area contributed by atoms with E-state index in [1.54, 1.807) is 0 Å². The van der Waals surface area contributed by atoms with Gasteiger partial charge in [-0.1, -0.05) is 54.1 Å². The molecule has 0 amide bonds. The van der Waals surface area contributed by atoms with E-state index in [0.717, 1.165) is 28.2 Å². The zero-order valence-corrected chi connectivity index (χ0v) is 13.3. The molecule has 1 N–H and O–H groups in total. The molecule has 0 unspecified atom stereocenters. The predicted molar refractivity (Wildman–Crippen MR) is 92.5 cm³/mol. The van der Waals surface area contributed by atoms with E-state index in [2.05, 4.69) is 17.4 Å². The van der Waals surface area contributed by atoms with Gasteiger partial charge in [-0.15, -0.1) is 0 Å². The van der Waals surface area contributed by atoms with E-state index >= 15 is 0 Å². The van der Waals surface area contributed by atoms with Crippen molar-refractivity contribution < 1.29 is 0 Å². The maximum absolute atomic E-state index is 6.29. The summed E-state index contributed by atoms with van der Waals surface area (Å²) < 4.78 is 0. The Bertz CT molecular complexity index is 673. The standard InChI is InChI=1S/C18H19ClN2/c1-4-15(16(19)5-2)18-12-14(20-3)11-17(21-18)13-9-7-6-8-10-13/h4-12H,1-3H3,(H,20,21)/b15-4+,16-5+. The molecule has 0 radical (unpaired) electrons. The molecule has 0 aliphatic carbocycles. The van der Waals surface area contributed by atoms with Gasteiger partial charge in [0.2, 0.25) is 0 Å². The number of hydrogen-bond donors (Lipinski definition) is 1. The molecule has 2 rings (SSSR count). The third-order valence-corrected chi connectivity index (χ3v) is 3.68. The zero-order chi connectivity index (χ0) is 15.2. The molecule has 0 aliphatic heterocycles. The second-order valence-corrected chi connectivity index (χ2v) is 4.99. The second-order valence-electron chi connectivity index (χ2n) is 4.58. The maximum atomic E-state index is 6.29. The van der Waals surface area contributed by atoms with E-state index < -0.39 is 0 Å². The summed E-state index contributed by atoms with van der Waals surface area (Å²) in [4.78, 5) is 4.76. The Labute approximate surface area is 131 Å². The summed E-state index contributed by atoms with van der Waals surface area (Å²) >= 11 is 6.29. The van der Waals surface area contributed by atoms with Crippen molar-refractivity contribution in [1.29, 1.82) is 0 Å². The quantitative estimate of drug-likeness (QED) is 0.771. The van der Waals surface area contributed by atoms with E-state index in [0.29, 0.717) is 5.03 Å². The molecular weight excluding hydrogens is 280 g/mol. The fourth-order valence-corrected chi connectivity index (χ4v) is 2.34. The Balaban J connectivity index is 2.58. The minimum Gasteiger partial charge on any atom is -0.388 e. The van der Waals surface area contributed by atoms with E-state index in [-0.39, 0.29) is 0 Å². The van der Waals surface area contributed by atoms with Crippen LogP contribution in [0.5, 0.6) is 0 Å². The lowest BCUT2D eigenvalue weighted by Gasteiger charge is -2.11. The van der Waals surface area contributed by atoms with Gasteiger partial charge in [0.1, 0.15) is 0 Å². The SMILES string of the molecule is C/C=C(\C(Cl)=C/C)c1cc(NC)cc(-c2ccccc2)n1. The first-order valence-electron chi connectivity index (χ1n) is 6.93. The van der Waals surface area contributed by atoms with Gasteiger partial charge < -0.3 is 5.32 Å². The largest absolute Gasteiger partial charge is 0.388 e. The lowest BCUT2D eigenvalue weighted by molar-refractivity contribution is 1.27. The van der Waals surface area contributed by atoms with Crippen molar-refractivity contribution in [2.45, 2.75) is 13.8 Å². The van der Waals surface area contributed by atoms with Gasteiger partial charge in [-0.25, -0.2) is 4.98 Å². The predicted octanol–water partition coefficient (Wildman–Crippen LogP) is 5.34. The Morgan fingerprint density at radius 2 is 1.81 bits per heavy atom. The Morgan fingerprint density at radius 1 is 1.10 bits per heavy atom. The molecule has 3 heteroatoms. The number of nitrogens with zero attached hydrogens (tertiary/aromatic N) is 1. The van der Waals surface area contributed by atoms with Crippen molar-refractivity contribution in [2.75, 3.05) is 12.4 Å². The number of hydrogen-bond acceptors (Lipinski definition) is 2. The molecule has 1 aromatic heterocycles. The van der Waals surface area contributed by atoms with Crippen molar-refractivity contribution >= 4 is 22.9 Å². The van der Waals surface area contributed by atoms with Crippen LogP contribution in [0.15, 0.2) is 59.6 Å². The number of aromatic nitrogens is 1. The normalized spacial score (nSPS) is 12.4. The Kier molecular flexibility index (Phi) is 5.18. The minimum absolute atomic E-state index is 0.706. The number of allylic oxidation sites excluding steroid dienone is 4. The van der Waals surface area contributed by atoms with Gasteiger partial charge in [0.05, 0.1) is 11.4 Å². The number of rotatable bonds is 4. The fourth-order valence-electron chi connectivity index (χ4n) is 2.13. The van der Waals surface area contributed by atoms with Gasteiger partial charge in [0, 0.05) is 28.9 Å². The van der Waals surface area contributed by atoms with Crippen molar-refractivity contribution in [3.05, 3.63) is 65.3 Å². The van der Waals surface area contributed by atoms with Crippen molar-refractivity contribution in [3.8, 4) is 11.3 Å². The lowest BCUT2D eigenvalue weighted by atomic mass is 10.1. The summed E-state index contributed by atoms with van der Waals surface area (Å²) in [5.74, 6) is 0. The molecule has 0 saturated carbocycles. The molecule has 0 fully saturated rings. The summed E-state index contributed by atoms with van der Waals surface area (Å²) in [6.45, 7) is 3.89. The van der Waals surface area contributed by atoms with Gasteiger partial charge >= 0.3 is 0 Å². The van der Waals surface area contributed by atoms with E-state index in [1.165, 1.54) is 0 Å². The molecule has 0 saturated heterocycles. The molecule has 0 atom stereocenters. The summed E-state index contributed by atoms with van der Waals surface area (Å²) in [7, 11) is 1.90. The first-order chi connectivity index (χ1) is 10.2. The zero-order valence-electron chi connectivity index (χ0n) is 12.5. The Hall–Kier alpha value is -2.06. The third kappa shape index (κ3) is 3.53. The van der Waals surface area contributed by atoms with Crippen LogP contribution in [-0.4, -0.2) is 12.0 Å². The highest BCUT2D eigenvalue weighted by Gasteiger charge is 2.10. The first kappa shape index (κ1) is 15.3. The van der Waals surface area contributed by atoms with E-state index in [4.69, 9.17) is 16.6 Å². The van der Waals surface area contributed by atoms with Gasteiger partial charge in [-0.2, -0.15) is 0 Å². The number of benzene rings is 1. The van der Waals surface area contributed by atoms with Crippen LogP contribution in [0.2, 0.25) is 0 Å². The second kappa shape index (κ2) is 7.09. The van der Waals surface area contributed by atoms with E-state index in [1.807, 2.05) is 63.4 Å². The van der Waals surface area contributed by atoms with Crippen LogP contribution >= 0.6 is 11.6 Å². The molecule has 2 nitrogen and oxygen atoms in total. The summed E-state index contributed by atoms with van der Waals surface area (Å²) in [6, 6.07) is 14.2. The molecule has 108 valence electrons. The highest BCUT2D eigenvalue weighted by atomic mass is 35.5. The van der Waals surface area contributed by atoms with Crippen LogP contribution in [-0.2, 0) is 0 Å². The fraction of sp³-hybridized carbons (Fsp3) is 0.167. The molecule has 0 spiro atoms. The number of pyridine rings is 1. The van der Waals surface area contributed by atoms with Gasteiger partial charge in [-0.3, -0.25) is 0 Å². The molecule has 1 heterocycles. The monoisotopic (exact) mass is 298 g/mol. The van der Waals surface area contributed by atoms with Gasteiger partial charge in [0.15, 0.2) is 0 Å². The molecule has 0 aliphatic rings. The van der Waals surface area contributed by atoms with Crippen LogP contribution in [0, 0.1) is 0 Å². The molecular formula is C18H19ClN2. The van der Waals surface area contributed by atoms with E-state index in [9.17, 15) is 0 Å². The first-order valence-corrected chi connectivity index (χ1v) is 7.31. The maximum Gasteiger partial charge on any atom is 0.0741 e. The topological polar surface area (TPSA) is 24.9 Å². The lowest BCUT2D eigenvalue weighted by Crippen LogP contribution is -1.97. The molecule has 21 heavy (non-hydrogen) atoms. The van der Waals surface area contributed by atoms with Gasteiger partial charge in [0.25, 0.3) is 0 Å². The van der Waals surface area contributed by atoms with Crippen LogP contribution in [0.25, 0.3) is 16.8 Å². The average molecular weight is 299 g/mol. The number of anilines is 1. The van der Waals surface area contributed by atoms with Crippen molar-refractivity contribution in [1.82, 2.24) is 4.98 Å². The third-order valence-electron chi connectivity index (χ3n) is 3.26. The highest BCUT2D eigenvalue weighted by molar-refractivity contribution is 6.36. The minimum atomic E-state index is 0.706. The number of halogens is 1. The smallest absolute Gasteiger partial charge is 0.0741 e. The van der Waals surface area contributed by atoms with Crippen LogP contribution in [0.4, 0.5) is 5.69 Å². The Morgan fingerprint density at radius 3 is 2.38 bits per heavy atom.